The van der Waals surface area contributed by atoms with Gasteiger partial charge in [-0.1, -0.05) is 30.3 Å². The minimum atomic E-state index is -0.697. The largest absolute Gasteiger partial charge is 0.481 e. The van der Waals surface area contributed by atoms with E-state index in [4.69, 9.17) is 14.2 Å². The molecule has 28 heavy (non-hydrogen) atoms. The summed E-state index contributed by atoms with van der Waals surface area (Å²) < 4.78 is 16.4. The first-order valence-corrected chi connectivity index (χ1v) is 12.0. The summed E-state index contributed by atoms with van der Waals surface area (Å²) in [5.41, 5.74) is 0.201. The number of nitrogens with one attached hydrogen (secondary N) is 1. The van der Waals surface area contributed by atoms with E-state index in [2.05, 4.69) is 23.1 Å². The van der Waals surface area contributed by atoms with Gasteiger partial charge in [-0.3, -0.25) is 4.79 Å². The van der Waals surface area contributed by atoms with Gasteiger partial charge in [0.15, 0.2) is 5.69 Å². The molecule has 0 spiro atoms. The molecule has 2 rings (SSSR count). The van der Waals surface area contributed by atoms with E-state index in [1.807, 2.05) is 30.3 Å². The third-order valence-corrected chi connectivity index (χ3v) is 5.15. The van der Waals surface area contributed by atoms with E-state index in [1.165, 1.54) is 0 Å². The number of carbonyl (C=O) groups is 1. The highest BCUT2D eigenvalue weighted by Crippen LogP contribution is 2.18. The van der Waals surface area contributed by atoms with Crippen LogP contribution in [-0.2, 0) is 16.1 Å². The molecule has 150 valence electrons. The maximum Gasteiger partial charge on any atom is 0.361 e. The number of carbonyl (C=O) groups excluding carboxylic acids is 1. The lowest BCUT2D eigenvalue weighted by Gasteiger charge is -2.15. The summed E-state index contributed by atoms with van der Waals surface area (Å²) in [7, 11) is -0.400. The Hall–Kier alpha value is -2.45. The molecule has 1 heterocycles. The fraction of sp³-hybridized carbons (Fsp3) is 0.450. The van der Waals surface area contributed by atoms with Crippen LogP contribution in [0.4, 0.5) is 0 Å². The zero-order valence-electron chi connectivity index (χ0n) is 16.8. The van der Waals surface area contributed by atoms with Gasteiger partial charge in [0.05, 0.1) is 32.4 Å². The summed E-state index contributed by atoms with van der Waals surface area (Å²) in [6, 6.07) is 10.4. The predicted molar refractivity (Wildman–Crippen MR) is 108 cm³/mol. The third kappa shape index (κ3) is 6.31. The topological polar surface area (TPSA) is 90.5 Å². The average molecular weight is 404 g/mol. The monoisotopic (exact) mass is 403 g/mol. The number of rotatable bonds is 10. The van der Waals surface area contributed by atoms with Gasteiger partial charge >= 0.3 is 14.8 Å². The molecule has 7 nitrogen and oxygen atoms in total. The Kier molecular flexibility index (Phi) is 8.40. The SMILES string of the molecule is CCOC(=O)c1nc(C(C)OCC[Si+](C)C)[nH]c(=O)c1OCc1ccccc1. The molecule has 1 unspecified atom stereocenters. The molecule has 0 aliphatic carbocycles. The van der Waals surface area contributed by atoms with Crippen LogP contribution in [0.1, 0.15) is 41.8 Å². The first kappa shape index (κ1) is 21.8. The minimum absolute atomic E-state index is 0.136. The molecule has 0 amide bonds. The van der Waals surface area contributed by atoms with Gasteiger partial charge in [0.1, 0.15) is 18.5 Å². The number of hydrogen-bond acceptors (Lipinski definition) is 6. The lowest BCUT2D eigenvalue weighted by atomic mass is 10.2. The summed E-state index contributed by atoms with van der Waals surface area (Å²) >= 11 is 0. The summed E-state index contributed by atoms with van der Waals surface area (Å²) in [4.78, 5) is 31.9. The van der Waals surface area contributed by atoms with Gasteiger partial charge in [-0.25, -0.2) is 9.78 Å². The van der Waals surface area contributed by atoms with Gasteiger partial charge in [0, 0.05) is 0 Å². The molecule has 0 aliphatic heterocycles. The van der Waals surface area contributed by atoms with Crippen molar-refractivity contribution >= 4 is 14.8 Å². The van der Waals surface area contributed by atoms with Crippen LogP contribution in [0.5, 0.6) is 5.75 Å². The van der Waals surface area contributed by atoms with Crippen molar-refractivity contribution in [1.82, 2.24) is 9.97 Å². The fourth-order valence-electron chi connectivity index (χ4n) is 2.39. The van der Waals surface area contributed by atoms with Crippen molar-refractivity contribution in [3.63, 3.8) is 0 Å². The number of esters is 1. The van der Waals surface area contributed by atoms with Crippen molar-refractivity contribution in [1.29, 1.82) is 0 Å². The smallest absolute Gasteiger partial charge is 0.361 e. The molecule has 0 bridgehead atoms. The standard InChI is InChI=1S/C20H26N2O5Si/c1-5-25-20(24)16-17(27-13-15-9-7-6-8-10-15)19(23)22-18(21-16)14(2)26-11-12-28(3)4/h6-10,14H,5,11-13H2,1-4H3/p+1. The number of aromatic amines is 1. The quantitative estimate of drug-likeness (QED) is 0.483. The number of hydrogen-bond donors (Lipinski definition) is 1. The molecule has 0 saturated carbocycles. The molecule has 1 N–H and O–H groups in total. The van der Waals surface area contributed by atoms with Gasteiger partial charge in [0.25, 0.3) is 5.56 Å². The highest BCUT2D eigenvalue weighted by molar-refractivity contribution is 6.55. The first-order valence-electron chi connectivity index (χ1n) is 9.31. The Morgan fingerprint density at radius 3 is 2.61 bits per heavy atom. The lowest BCUT2D eigenvalue weighted by molar-refractivity contribution is 0.0504. The molecule has 0 radical (unpaired) electrons. The predicted octanol–water partition coefficient (Wildman–Crippen LogP) is 3.36. The van der Waals surface area contributed by atoms with Gasteiger partial charge in [-0.2, -0.15) is 0 Å². The van der Waals surface area contributed by atoms with Gasteiger partial charge < -0.3 is 19.2 Å². The summed E-state index contributed by atoms with van der Waals surface area (Å²) in [6.45, 7) is 8.78. The van der Waals surface area contributed by atoms with E-state index in [9.17, 15) is 9.59 Å². The second-order valence-corrected chi connectivity index (χ2v) is 9.51. The first-order chi connectivity index (χ1) is 13.4. The number of nitrogens with zero attached hydrogens (tertiary/aromatic N) is 1. The Labute approximate surface area is 166 Å². The zero-order valence-corrected chi connectivity index (χ0v) is 17.8. The fourth-order valence-corrected chi connectivity index (χ4v) is 2.92. The van der Waals surface area contributed by atoms with Crippen molar-refractivity contribution in [3.05, 3.63) is 57.8 Å². The van der Waals surface area contributed by atoms with Gasteiger partial charge in [-0.15, -0.1) is 0 Å². The maximum absolute atomic E-state index is 12.6. The van der Waals surface area contributed by atoms with Crippen molar-refractivity contribution in [3.8, 4) is 5.75 Å². The summed E-state index contributed by atoms with van der Waals surface area (Å²) in [5, 5.41) is 0. The molecule has 0 aliphatic rings. The van der Waals surface area contributed by atoms with Crippen LogP contribution in [0, 0.1) is 0 Å². The Morgan fingerprint density at radius 1 is 1.25 bits per heavy atom. The van der Waals surface area contributed by atoms with Crippen molar-refractivity contribution < 1.29 is 19.0 Å². The van der Waals surface area contributed by atoms with Crippen LogP contribution in [0.25, 0.3) is 0 Å². The maximum atomic E-state index is 12.6. The highest BCUT2D eigenvalue weighted by Gasteiger charge is 2.23. The molecule has 2 aromatic rings. The zero-order chi connectivity index (χ0) is 20.5. The number of H-pyrrole nitrogens is 1. The third-order valence-electron chi connectivity index (χ3n) is 3.94. The van der Waals surface area contributed by atoms with Crippen LogP contribution in [0.15, 0.2) is 35.1 Å². The molecule has 1 aromatic carbocycles. The van der Waals surface area contributed by atoms with Crippen LogP contribution in [0.2, 0.25) is 19.1 Å². The second-order valence-electron chi connectivity index (χ2n) is 6.59. The van der Waals surface area contributed by atoms with Crippen LogP contribution < -0.4 is 10.3 Å². The number of ether oxygens (including phenoxy) is 3. The molecular formula is C20H27N2O5Si+. The number of aromatic nitrogens is 2. The van der Waals surface area contributed by atoms with E-state index in [1.54, 1.807) is 13.8 Å². The Balaban J connectivity index is 2.25. The van der Waals surface area contributed by atoms with Crippen LogP contribution in [-0.4, -0.2) is 37.9 Å². The van der Waals surface area contributed by atoms with E-state index < -0.39 is 26.4 Å². The summed E-state index contributed by atoms with van der Waals surface area (Å²) in [6.07, 6.45) is -0.453. The second kappa shape index (κ2) is 10.8. The Bertz CT molecular complexity index is 823. The molecule has 0 fully saturated rings. The summed E-state index contributed by atoms with van der Waals surface area (Å²) in [5.74, 6) is -0.565. The van der Waals surface area contributed by atoms with E-state index in [-0.39, 0.29) is 30.5 Å². The van der Waals surface area contributed by atoms with Crippen molar-refractivity contribution in [2.24, 2.45) is 0 Å². The lowest BCUT2D eigenvalue weighted by Crippen LogP contribution is -2.23. The van der Waals surface area contributed by atoms with Crippen molar-refractivity contribution in [2.45, 2.75) is 45.7 Å². The van der Waals surface area contributed by atoms with E-state index >= 15 is 0 Å². The number of benzene rings is 1. The average Bonchev–Trinajstić information content (AvgIpc) is 2.67. The molecule has 0 saturated heterocycles. The minimum Gasteiger partial charge on any atom is -0.481 e. The highest BCUT2D eigenvalue weighted by atomic mass is 28.3. The van der Waals surface area contributed by atoms with Crippen LogP contribution in [0.3, 0.4) is 0 Å². The molecular weight excluding hydrogens is 376 g/mol. The van der Waals surface area contributed by atoms with E-state index in [0.29, 0.717) is 6.61 Å². The van der Waals surface area contributed by atoms with Crippen molar-refractivity contribution in [2.75, 3.05) is 13.2 Å². The van der Waals surface area contributed by atoms with Crippen LogP contribution >= 0.6 is 0 Å². The Morgan fingerprint density at radius 2 is 1.96 bits per heavy atom. The van der Waals surface area contributed by atoms with Gasteiger partial charge in [0.2, 0.25) is 5.75 Å². The molecule has 1 atom stereocenters. The van der Waals surface area contributed by atoms with E-state index in [0.717, 1.165) is 11.6 Å². The molecule has 8 heteroatoms. The normalized spacial score (nSPS) is 11.7. The molecule has 1 aromatic heterocycles. The van der Waals surface area contributed by atoms with Gasteiger partial charge in [-0.05, 0) is 19.4 Å².